The average molecular weight is 477 g/mol. The summed E-state index contributed by atoms with van der Waals surface area (Å²) in [5.74, 6) is -1.82. The fraction of sp³-hybridized carbons (Fsp3) is 0.167. The minimum absolute atomic E-state index is 0.282. The van der Waals surface area contributed by atoms with E-state index in [0.29, 0.717) is 33.2 Å². The zero-order valence-corrected chi connectivity index (χ0v) is 18.8. The van der Waals surface area contributed by atoms with Crippen molar-refractivity contribution in [1.82, 2.24) is 0 Å². The fourth-order valence-electron chi connectivity index (χ4n) is 4.23. The van der Waals surface area contributed by atoms with Gasteiger partial charge in [-0.3, -0.25) is 14.4 Å². The number of fused-ring (bicyclic) bond motifs is 2. The number of hydrogen-bond acceptors (Lipinski definition) is 8. The van der Waals surface area contributed by atoms with Gasteiger partial charge in [0, 0.05) is 16.8 Å². The summed E-state index contributed by atoms with van der Waals surface area (Å²) in [4.78, 5) is 44.5. The van der Waals surface area contributed by atoms with Gasteiger partial charge in [-0.15, -0.1) is 11.3 Å². The highest BCUT2D eigenvalue weighted by atomic mass is 32.1. The first kappa shape index (κ1) is 21.7. The summed E-state index contributed by atoms with van der Waals surface area (Å²) in [6.07, 6.45) is 0. The maximum atomic E-state index is 13.8. The van der Waals surface area contributed by atoms with Gasteiger partial charge in [-0.05, 0) is 35.7 Å². The second-order valence-corrected chi connectivity index (χ2v) is 8.65. The third kappa shape index (κ3) is 3.30. The highest BCUT2D eigenvalue weighted by Crippen LogP contribution is 2.50. The number of anilines is 1. The van der Waals surface area contributed by atoms with Crippen molar-refractivity contribution in [2.75, 3.05) is 19.0 Å². The number of ether oxygens (including phenoxy) is 2. The molecule has 10 heteroatoms. The van der Waals surface area contributed by atoms with Crippen molar-refractivity contribution in [3.63, 3.8) is 0 Å². The molecule has 0 aliphatic carbocycles. The maximum Gasteiger partial charge on any atom is 0.277 e. The van der Waals surface area contributed by atoms with Gasteiger partial charge in [-0.1, -0.05) is 29.4 Å². The minimum Gasteiger partial charge on any atom is -0.493 e. The van der Waals surface area contributed by atoms with Crippen molar-refractivity contribution in [2.24, 2.45) is 16.8 Å². The number of benzene rings is 2. The number of primary amides is 1. The van der Waals surface area contributed by atoms with E-state index in [9.17, 15) is 14.4 Å². The number of ketones is 1. The lowest BCUT2D eigenvalue weighted by Crippen LogP contribution is -2.46. The Labute approximate surface area is 198 Å². The van der Waals surface area contributed by atoms with Crippen LogP contribution >= 0.6 is 11.3 Å². The smallest absolute Gasteiger partial charge is 0.277 e. The lowest BCUT2D eigenvalue weighted by Gasteiger charge is -2.26. The Bertz CT molecular complexity index is 1340. The van der Waals surface area contributed by atoms with Gasteiger partial charge in [0.05, 0.1) is 12.0 Å². The highest BCUT2D eigenvalue weighted by Gasteiger charge is 2.63. The number of carbonyl (C=O) groups excluding carboxylic acids is 3. The van der Waals surface area contributed by atoms with Crippen LogP contribution in [0.3, 0.4) is 0 Å². The molecule has 0 saturated heterocycles. The highest BCUT2D eigenvalue weighted by molar-refractivity contribution is 7.12. The molecule has 2 amide bonds. The van der Waals surface area contributed by atoms with Crippen LogP contribution in [-0.2, 0) is 20.0 Å². The van der Waals surface area contributed by atoms with E-state index in [2.05, 4.69) is 10.5 Å². The number of oxime groups is 1. The van der Waals surface area contributed by atoms with Crippen LogP contribution in [0, 0.1) is 5.92 Å². The Hall–Kier alpha value is -4.18. The first-order valence-electron chi connectivity index (χ1n) is 10.3. The molecule has 2 atom stereocenters. The molecule has 2 unspecified atom stereocenters. The van der Waals surface area contributed by atoms with Crippen molar-refractivity contribution in [2.45, 2.75) is 5.60 Å². The van der Waals surface area contributed by atoms with Crippen molar-refractivity contribution in [3.05, 3.63) is 76.0 Å². The summed E-state index contributed by atoms with van der Waals surface area (Å²) in [5, 5.41) is 8.86. The van der Waals surface area contributed by atoms with Gasteiger partial charge in [0.1, 0.15) is 11.6 Å². The van der Waals surface area contributed by atoms with E-state index in [1.54, 1.807) is 60.0 Å². The van der Waals surface area contributed by atoms with E-state index in [1.807, 2.05) is 0 Å². The number of Topliss-reactive ketones (excluding diaryl/α,β-unsaturated/α-hetero) is 1. The van der Waals surface area contributed by atoms with Crippen LogP contribution in [0.1, 0.15) is 20.8 Å². The number of nitrogens with two attached hydrogens (primary N) is 1. The second-order valence-electron chi connectivity index (χ2n) is 7.70. The molecule has 3 N–H and O–H groups in total. The lowest BCUT2D eigenvalue weighted by molar-refractivity contribution is -0.140. The molecule has 3 heterocycles. The second kappa shape index (κ2) is 8.31. The molecule has 0 bridgehead atoms. The van der Waals surface area contributed by atoms with E-state index in [1.165, 1.54) is 18.4 Å². The average Bonchev–Trinajstić information content (AvgIpc) is 3.57. The van der Waals surface area contributed by atoms with Crippen molar-refractivity contribution < 1.29 is 28.7 Å². The van der Waals surface area contributed by atoms with Gasteiger partial charge < -0.3 is 25.4 Å². The van der Waals surface area contributed by atoms with Crippen LogP contribution in [-0.4, -0.2) is 37.0 Å². The number of para-hydroxylation sites is 1. The van der Waals surface area contributed by atoms with Gasteiger partial charge in [-0.2, -0.15) is 0 Å². The predicted octanol–water partition coefficient (Wildman–Crippen LogP) is 2.70. The third-order valence-electron chi connectivity index (χ3n) is 5.74. The molecule has 1 aromatic heterocycles. The fourth-order valence-corrected chi connectivity index (χ4v) is 4.93. The molecule has 2 aliphatic heterocycles. The standard InChI is InChI=1S/C24H19N3O6S/c1-31-17-11-13(8-9-16(17)32-12-19(25)28)21-20(22(29)18-7-4-10-34-18)24(33-27-21)14-5-2-3-6-15(14)26-23(24)30/h2-11,20H,12H2,1H3,(H2,25,28)(H,26,30). The number of hydrogen-bond donors (Lipinski definition) is 2. The van der Waals surface area contributed by atoms with Crippen LogP contribution in [0.25, 0.3) is 0 Å². The van der Waals surface area contributed by atoms with Crippen LogP contribution in [0.2, 0.25) is 0 Å². The van der Waals surface area contributed by atoms with Crippen LogP contribution < -0.4 is 20.5 Å². The number of amides is 2. The number of methoxy groups -OCH3 is 1. The molecule has 0 radical (unpaired) electrons. The van der Waals surface area contributed by atoms with Crippen LogP contribution in [0.15, 0.2) is 65.1 Å². The molecule has 3 aromatic rings. The summed E-state index contributed by atoms with van der Waals surface area (Å²) in [6, 6.07) is 15.4. The molecular formula is C24H19N3O6S. The van der Waals surface area contributed by atoms with Gasteiger partial charge in [-0.25, -0.2) is 0 Å². The van der Waals surface area contributed by atoms with Crippen LogP contribution in [0.5, 0.6) is 11.5 Å². The van der Waals surface area contributed by atoms with E-state index >= 15 is 0 Å². The Morgan fingerprint density at radius 2 is 2.00 bits per heavy atom. The van der Waals surface area contributed by atoms with E-state index in [0.717, 1.165) is 0 Å². The van der Waals surface area contributed by atoms with Crippen molar-refractivity contribution >= 4 is 40.3 Å². The first-order valence-corrected chi connectivity index (χ1v) is 11.2. The number of nitrogens with zero attached hydrogens (tertiary/aromatic N) is 1. The molecule has 5 rings (SSSR count). The SMILES string of the molecule is COc1cc(C2=NOC3(C(=O)Nc4ccccc43)C2C(=O)c2cccs2)ccc1OCC(N)=O. The molecule has 0 fully saturated rings. The summed E-state index contributed by atoms with van der Waals surface area (Å²) in [5.41, 5.74) is 5.43. The molecule has 0 saturated carbocycles. The largest absolute Gasteiger partial charge is 0.493 e. The Morgan fingerprint density at radius 1 is 1.18 bits per heavy atom. The summed E-state index contributed by atoms with van der Waals surface area (Å²) in [7, 11) is 1.44. The maximum absolute atomic E-state index is 13.8. The molecular weight excluding hydrogens is 458 g/mol. The first-order chi connectivity index (χ1) is 16.5. The molecule has 2 aliphatic rings. The monoisotopic (exact) mass is 477 g/mol. The molecule has 2 aromatic carbocycles. The van der Waals surface area contributed by atoms with Crippen molar-refractivity contribution in [1.29, 1.82) is 0 Å². The van der Waals surface area contributed by atoms with Crippen molar-refractivity contribution in [3.8, 4) is 11.5 Å². The number of carbonyl (C=O) groups is 3. The quantitative estimate of drug-likeness (QED) is 0.504. The van der Waals surface area contributed by atoms with E-state index in [4.69, 9.17) is 20.0 Å². The van der Waals surface area contributed by atoms with Crippen LogP contribution in [0.4, 0.5) is 5.69 Å². The summed E-state index contributed by atoms with van der Waals surface area (Å²) >= 11 is 1.28. The molecule has 9 nitrogen and oxygen atoms in total. The number of thiophene rings is 1. The lowest BCUT2D eigenvalue weighted by atomic mass is 9.75. The zero-order chi connectivity index (χ0) is 23.9. The molecule has 1 spiro atoms. The Balaban J connectivity index is 1.61. The minimum atomic E-state index is -1.64. The molecule has 172 valence electrons. The zero-order valence-electron chi connectivity index (χ0n) is 17.9. The predicted molar refractivity (Wildman–Crippen MR) is 124 cm³/mol. The van der Waals surface area contributed by atoms with Gasteiger partial charge >= 0.3 is 0 Å². The topological polar surface area (TPSA) is 129 Å². The third-order valence-corrected chi connectivity index (χ3v) is 6.62. The number of rotatable bonds is 7. The van der Waals surface area contributed by atoms with Gasteiger partial charge in [0.15, 0.2) is 23.9 Å². The van der Waals surface area contributed by atoms with Gasteiger partial charge in [0.25, 0.3) is 17.4 Å². The van der Waals surface area contributed by atoms with E-state index < -0.39 is 23.3 Å². The summed E-state index contributed by atoms with van der Waals surface area (Å²) in [6.45, 7) is -0.320. The van der Waals surface area contributed by atoms with Gasteiger partial charge in [0.2, 0.25) is 0 Å². The van der Waals surface area contributed by atoms with E-state index in [-0.39, 0.29) is 18.1 Å². The number of nitrogens with one attached hydrogen (secondary N) is 1. The normalized spacial score (nSPS) is 20.3. The Morgan fingerprint density at radius 3 is 2.74 bits per heavy atom. The molecule has 34 heavy (non-hydrogen) atoms. The Kier molecular flexibility index (Phi) is 5.29. The summed E-state index contributed by atoms with van der Waals surface area (Å²) < 4.78 is 10.8.